The summed E-state index contributed by atoms with van der Waals surface area (Å²) in [4.78, 5) is 4.81. The van der Waals surface area contributed by atoms with Crippen molar-refractivity contribution in [3.63, 3.8) is 0 Å². The maximum Gasteiger partial charge on any atom is 0.275 e. The molecule has 4 aromatic rings. The Hall–Kier alpha value is -2.94. The van der Waals surface area contributed by atoms with Gasteiger partial charge in [-0.15, -0.1) is 4.98 Å². The molecule has 0 amide bonds. The highest BCUT2D eigenvalue weighted by atomic mass is 15.2. The van der Waals surface area contributed by atoms with Crippen LogP contribution in [0, 0.1) is 13.8 Å². The average molecular weight is 356 g/mol. The fourth-order valence-corrected chi connectivity index (χ4v) is 3.86. The second kappa shape index (κ2) is 6.66. The maximum atomic E-state index is 4.81. The summed E-state index contributed by atoms with van der Waals surface area (Å²) >= 11 is 0. The topological polar surface area (TPSA) is 21.7 Å². The van der Waals surface area contributed by atoms with Crippen molar-refractivity contribution in [2.75, 3.05) is 0 Å². The van der Waals surface area contributed by atoms with Gasteiger partial charge in [0.2, 0.25) is 0 Å². The Bertz CT molecular complexity index is 1140. The molecule has 0 spiro atoms. The molecule has 2 heterocycles. The zero-order valence-corrected chi connectivity index (χ0v) is 16.7. The van der Waals surface area contributed by atoms with Crippen LogP contribution in [-0.4, -0.2) is 9.55 Å². The van der Waals surface area contributed by atoms with Gasteiger partial charge in [-0.3, -0.25) is 4.57 Å². The van der Waals surface area contributed by atoms with E-state index in [9.17, 15) is 0 Å². The number of hydrogen-bond acceptors (Lipinski definition) is 1. The van der Waals surface area contributed by atoms with Crippen molar-refractivity contribution in [2.45, 2.75) is 33.6 Å². The van der Waals surface area contributed by atoms with Crippen LogP contribution in [-0.2, 0) is 7.05 Å². The zero-order valence-electron chi connectivity index (χ0n) is 16.7. The van der Waals surface area contributed by atoms with Crippen LogP contribution in [0.1, 0.15) is 36.5 Å². The molecule has 2 aromatic carbocycles. The molecule has 0 aliphatic heterocycles. The molecule has 3 nitrogen and oxygen atoms in total. The van der Waals surface area contributed by atoms with Crippen molar-refractivity contribution in [1.29, 1.82) is 0 Å². The minimum Gasteiger partial charge on any atom is -0.265 e. The van der Waals surface area contributed by atoms with Crippen LogP contribution in [0.4, 0.5) is 0 Å². The highest BCUT2D eigenvalue weighted by molar-refractivity contribution is 5.78. The summed E-state index contributed by atoms with van der Waals surface area (Å²) in [7, 11) is 2.10. The van der Waals surface area contributed by atoms with Gasteiger partial charge in [-0.1, -0.05) is 44.2 Å². The van der Waals surface area contributed by atoms with Gasteiger partial charge in [0.1, 0.15) is 17.2 Å². The molecule has 136 valence electrons. The number of hydrogen-bond donors (Lipinski definition) is 0. The molecule has 0 radical (unpaired) electrons. The number of nitrogens with zero attached hydrogens (tertiary/aromatic N) is 3. The second-order valence-corrected chi connectivity index (χ2v) is 7.59. The zero-order chi connectivity index (χ0) is 19.1. The van der Waals surface area contributed by atoms with Gasteiger partial charge in [0.15, 0.2) is 6.33 Å². The van der Waals surface area contributed by atoms with E-state index in [0.29, 0.717) is 5.92 Å². The molecule has 0 atom stereocenters. The van der Waals surface area contributed by atoms with Crippen LogP contribution in [0.25, 0.3) is 28.0 Å². The average Bonchev–Trinajstić information content (AvgIpc) is 3.01. The Morgan fingerprint density at radius 3 is 2.44 bits per heavy atom. The van der Waals surface area contributed by atoms with E-state index in [2.05, 4.69) is 92.7 Å². The van der Waals surface area contributed by atoms with E-state index in [1.165, 1.54) is 33.3 Å². The van der Waals surface area contributed by atoms with Crippen molar-refractivity contribution >= 4 is 11.0 Å². The number of rotatable bonds is 3. The van der Waals surface area contributed by atoms with Crippen LogP contribution in [0.2, 0.25) is 0 Å². The minimum atomic E-state index is 0.440. The van der Waals surface area contributed by atoms with Crippen LogP contribution in [0.3, 0.4) is 0 Å². The minimum absolute atomic E-state index is 0.440. The van der Waals surface area contributed by atoms with E-state index in [-0.39, 0.29) is 0 Å². The van der Waals surface area contributed by atoms with Crippen molar-refractivity contribution in [1.82, 2.24) is 9.55 Å². The molecular formula is C24H26N3+. The van der Waals surface area contributed by atoms with Crippen LogP contribution < -0.4 is 4.57 Å². The van der Waals surface area contributed by atoms with Gasteiger partial charge in [-0.2, -0.15) is 4.57 Å². The Morgan fingerprint density at radius 2 is 1.67 bits per heavy atom. The third-order valence-corrected chi connectivity index (χ3v) is 5.49. The third-order valence-electron chi connectivity index (χ3n) is 5.49. The quantitative estimate of drug-likeness (QED) is 0.459. The van der Waals surface area contributed by atoms with Crippen molar-refractivity contribution in [3.8, 4) is 16.9 Å². The van der Waals surface area contributed by atoms with Crippen molar-refractivity contribution in [3.05, 3.63) is 77.7 Å². The van der Waals surface area contributed by atoms with Crippen LogP contribution >= 0.6 is 0 Å². The molecule has 0 fully saturated rings. The monoisotopic (exact) mass is 356 g/mol. The number of fused-ring (bicyclic) bond motifs is 1. The van der Waals surface area contributed by atoms with Gasteiger partial charge >= 0.3 is 0 Å². The number of para-hydroxylation sites is 1. The SMILES string of the molecule is Cc1cccc(-c2cccnc2-[n+]2cn(C)c3cccc(C(C)C)c32)c1C. The Balaban J connectivity index is 2.06. The number of imidazole rings is 1. The molecule has 27 heavy (non-hydrogen) atoms. The molecule has 0 aliphatic rings. The Morgan fingerprint density at radius 1 is 0.926 bits per heavy atom. The lowest BCUT2D eigenvalue weighted by molar-refractivity contribution is -0.571. The first-order chi connectivity index (χ1) is 13.0. The molecule has 0 saturated carbocycles. The lowest BCUT2D eigenvalue weighted by Crippen LogP contribution is -2.32. The van der Waals surface area contributed by atoms with Gasteiger partial charge in [0, 0.05) is 0 Å². The lowest BCUT2D eigenvalue weighted by atomic mass is 9.97. The number of pyridine rings is 1. The Labute approximate surface area is 160 Å². The highest BCUT2D eigenvalue weighted by Crippen LogP contribution is 2.30. The summed E-state index contributed by atoms with van der Waals surface area (Å²) in [6, 6.07) is 17.2. The number of aryl methyl sites for hydroxylation is 2. The van der Waals surface area contributed by atoms with E-state index < -0.39 is 0 Å². The summed E-state index contributed by atoms with van der Waals surface area (Å²) in [5.41, 5.74) is 8.80. The first kappa shape index (κ1) is 17.5. The molecule has 3 heteroatoms. The van der Waals surface area contributed by atoms with Crippen LogP contribution in [0.5, 0.6) is 0 Å². The van der Waals surface area contributed by atoms with Gasteiger partial charge in [0.05, 0.1) is 12.6 Å². The predicted octanol–water partition coefficient (Wildman–Crippen LogP) is 5.26. The van der Waals surface area contributed by atoms with Gasteiger partial charge in [-0.25, -0.2) is 0 Å². The van der Waals surface area contributed by atoms with E-state index in [4.69, 9.17) is 4.98 Å². The molecule has 0 N–H and O–H groups in total. The molecule has 0 bridgehead atoms. The van der Waals surface area contributed by atoms with Crippen LogP contribution in [0.15, 0.2) is 61.1 Å². The van der Waals surface area contributed by atoms with E-state index >= 15 is 0 Å². The summed E-state index contributed by atoms with van der Waals surface area (Å²) < 4.78 is 4.44. The largest absolute Gasteiger partial charge is 0.275 e. The number of aromatic nitrogens is 3. The van der Waals surface area contributed by atoms with Gasteiger partial charge in [0.25, 0.3) is 5.82 Å². The first-order valence-corrected chi connectivity index (χ1v) is 9.50. The normalized spacial score (nSPS) is 11.5. The Kier molecular flexibility index (Phi) is 4.31. The van der Waals surface area contributed by atoms with E-state index in [0.717, 1.165) is 11.4 Å². The van der Waals surface area contributed by atoms with Gasteiger partial charge in [-0.05, 0) is 60.2 Å². The van der Waals surface area contributed by atoms with E-state index in [1.54, 1.807) is 0 Å². The van der Waals surface area contributed by atoms with E-state index in [1.807, 2.05) is 12.3 Å². The predicted molar refractivity (Wildman–Crippen MR) is 111 cm³/mol. The smallest absolute Gasteiger partial charge is 0.265 e. The molecular weight excluding hydrogens is 330 g/mol. The second-order valence-electron chi connectivity index (χ2n) is 7.59. The standard InChI is InChI=1S/C24H26N3/c1-16(2)19-10-7-13-22-23(19)27(15-26(22)5)24-21(12-8-14-25-24)20-11-6-9-17(3)18(20)4/h6-16H,1-5H3/q+1. The summed E-state index contributed by atoms with van der Waals surface area (Å²) in [6.07, 6.45) is 4.03. The summed E-state index contributed by atoms with van der Waals surface area (Å²) in [5, 5.41) is 0. The summed E-state index contributed by atoms with van der Waals surface area (Å²) in [5.74, 6) is 1.42. The lowest BCUT2D eigenvalue weighted by Gasteiger charge is -2.11. The maximum absolute atomic E-state index is 4.81. The molecule has 0 aliphatic carbocycles. The highest BCUT2D eigenvalue weighted by Gasteiger charge is 2.23. The summed E-state index contributed by atoms with van der Waals surface area (Å²) in [6.45, 7) is 8.85. The van der Waals surface area contributed by atoms with Gasteiger partial charge < -0.3 is 0 Å². The molecule has 0 unspecified atom stereocenters. The van der Waals surface area contributed by atoms with Crippen molar-refractivity contribution < 1.29 is 4.57 Å². The molecule has 0 saturated heterocycles. The fourth-order valence-electron chi connectivity index (χ4n) is 3.86. The molecule has 4 rings (SSSR count). The first-order valence-electron chi connectivity index (χ1n) is 9.50. The van der Waals surface area contributed by atoms with Crippen molar-refractivity contribution in [2.24, 2.45) is 7.05 Å². The molecule has 2 aromatic heterocycles. The fraction of sp³-hybridized carbons (Fsp3) is 0.250. The third kappa shape index (κ3) is 2.84. The number of benzene rings is 2.